The summed E-state index contributed by atoms with van der Waals surface area (Å²) >= 11 is 0. The second kappa shape index (κ2) is 6.89. The zero-order valence-corrected chi connectivity index (χ0v) is 12.2. The van der Waals surface area contributed by atoms with Gasteiger partial charge >= 0.3 is 0 Å². The summed E-state index contributed by atoms with van der Waals surface area (Å²) < 4.78 is 5.72. The fraction of sp³-hybridized carbons (Fsp3) is 0.312. The van der Waals surface area contributed by atoms with E-state index in [2.05, 4.69) is 20.4 Å². The first kappa shape index (κ1) is 14.3. The second-order valence-electron chi connectivity index (χ2n) is 5.16. The molecular formula is C16H18N4O2. The number of hydrogen-bond acceptors (Lipinski definition) is 5. The Morgan fingerprint density at radius 3 is 2.91 bits per heavy atom. The van der Waals surface area contributed by atoms with Crippen molar-refractivity contribution in [3.63, 3.8) is 0 Å². The van der Waals surface area contributed by atoms with Gasteiger partial charge in [-0.25, -0.2) is 5.43 Å². The van der Waals surface area contributed by atoms with Crippen molar-refractivity contribution in [3.8, 4) is 0 Å². The molecule has 0 radical (unpaired) electrons. The first-order valence-corrected chi connectivity index (χ1v) is 7.41. The topological polar surface area (TPSA) is 70.7 Å². The van der Waals surface area contributed by atoms with E-state index in [1.54, 1.807) is 18.3 Å². The van der Waals surface area contributed by atoms with Crippen LogP contribution in [0.15, 0.2) is 46.2 Å². The smallest absolute Gasteiger partial charge is 0.272 e. The summed E-state index contributed by atoms with van der Waals surface area (Å²) in [7, 11) is 0. The number of furan rings is 1. The molecular weight excluding hydrogens is 280 g/mol. The van der Waals surface area contributed by atoms with E-state index in [1.807, 2.05) is 12.1 Å². The molecule has 1 aliphatic heterocycles. The molecule has 0 bridgehead atoms. The van der Waals surface area contributed by atoms with Crippen LogP contribution in [0, 0.1) is 0 Å². The quantitative estimate of drug-likeness (QED) is 0.695. The average Bonchev–Trinajstić information content (AvgIpc) is 3.05. The third-order valence-corrected chi connectivity index (χ3v) is 3.56. The van der Waals surface area contributed by atoms with Crippen LogP contribution in [0.3, 0.4) is 0 Å². The number of piperidine rings is 1. The van der Waals surface area contributed by atoms with Crippen LogP contribution in [-0.4, -0.2) is 30.2 Å². The van der Waals surface area contributed by atoms with Gasteiger partial charge in [0.25, 0.3) is 5.91 Å². The number of carbonyl (C=O) groups excluding carboxylic acids is 1. The van der Waals surface area contributed by atoms with Crippen LogP contribution in [0.25, 0.3) is 0 Å². The monoisotopic (exact) mass is 298 g/mol. The number of hydrogen-bond donors (Lipinski definition) is 1. The molecule has 3 heterocycles. The van der Waals surface area contributed by atoms with E-state index in [1.165, 1.54) is 31.7 Å². The summed E-state index contributed by atoms with van der Waals surface area (Å²) in [5, 5.41) is 3.91. The SMILES string of the molecule is O=C(N/N=C\c1ccc(N2CCCCC2)o1)c1cccnc1. The number of pyridine rings is 1. The Morgan fingerprint density at radius 2 is 2.14 bits per heavy atom. The number of hydrazone groups is 1. The molecule has 114 valence electrons. The lowest BCUT2D eigenvalue weighted by atomic mass is 10.1. The molecule has 1 amide bonds. The number of nitrogens with zero attached hydrogens (tertiary/aromatic N) is 3. The summed E-state index contributed by atoms with van der Waals surface area (Å²) in [6.07, 6.45) is 8.29. The maximum atomic E-state index is 11.8. The second-order valence-corrected chi connectivity index (χ2v) is 5.16. The lowest BCUT2D eigenvalue weighted by Crippen LogP contribution is -2.28. The number of nitrogens with one attached hydrogen (secondary N) is 1. The van der Waals surface area contributed by atoms with E-state index >= 15 is 0 Å². The summed E-state index contributed by atoms with van der Waals surface area (Å²) in [6, 6.07) is 7.18. The summed E-state index contributed by atoms with van der Waals surface area (Å²) in [6.45, 7) is 2.06. The van der Waals surface area contributed by atoms with Gasteiger partial charge in [0.05, 0.1) is 11.8 Å². The van der Waals surface area contributed by atoms with Gasteiger partial charge < -0.3 is 9.32 Å². The normalized spacial score (nSPS) is 15.2. The highest BCUT2D eigenvalue weighted by Gasteiger charge is 2.13. The Hall–Kier alpha value is -2.63. The van der Waals surface area contributed by atoms with Gasteiger partial charge in [-0.05, 0) is 37.5 Å². The molecule has 0 saturated carbocycles. The molecule has 6 nitrogen and oxygen atoms in total. The molecule has 2 aromatic rings. The van der Waals surface area contributed by atoms with Crippen LogP contribution < -0.4 is 10.3 Å². The van der Waals surface area contributed by atoms with Crippen LogP contribution in [0.4, 0.5) is 5.88 Å². The van der Waals surface area contributed by atoms with Crippen LogP contribution in [0.2, 0.25) is 0 Å². The summed E-state index contributed by atoms with van der Waals surface area (Å²) in [4.78, 5) is 17.9. The van der Waals surface area contributed by atoms with Crippen molar-refractivity contribution in [3.05, 3.63) is 48.0 Å². The zero-order valence-electron chi connectivity index (χ0n) is 12.2. The van der Waals surface area contributed by atoms with Gasteiger partial charge in [-0.1, -0.05) is 0 Å². The van der Waals surface area contributed by atoms with Gasteiger partial charge in [0, 0.05) is 31.5 Å². The van der Waals surface area contributed by atoms with Gasteiger partial charge in [-0.2, -0.15) is 5.10 Å². The van der Waals surface area contributed by atoms with E-state index in [9.17, 15) is 4.79 Å². The van der Waals surface area contributed by atoms with E-state index < -0.39 is 0 Å². The molecule has 0 atom stereocenters. The van der Waals surface area contributed by atoms with E-state index in [-0.39, 0.29) is 5.91 Å². The standard InChI is InChI=1S/C16H18N4O2/c21-16(13-5-4-8-17-11-13)19-18-12-14-6-7-15(22-14)20-9-2-1-3-10-20/h4-8,11-12H,1-3,9-10H2,(H,19,21)/b18-12-. The van der Waals surface area contributed by atoms with E-state index in [4.69, 9.17) is 4.42 Å². The average molecular weight is 298 g/mol. The van der Waals surface area contributed by atoms with Crippen LogP contribution >= 0.6 is 0 Å². The fourth-order valence-electron chi connectivity index (χ4n) is 2.41. The van der Waals surface area contributed by atoms with Crippen LogP contribution in [-0.2, 0) is 0 Å². The predicted octanol–water partition coefficient (Wildman–Crippen LogP) is 2.43. The maximum absolute atomic E-state index is 11.8. The third-order valence-electron chi connectivity index (χ3n) is 3.56. The van der Waals surface area contributed by atoms with E-state index in [0.717, 1.165) is 19.0 Å². The third kappa shape index (κ3) is 3.52. The lowest BCUT2D eigenvalue weighted by Gasteiger charge is -2.25. The van der Waals surface area contributed by atoms with Crippen LogP contribution in [0.5, 0.6) is 0 Å². The van der Waals surface area contributed by atoms with Crippen LogP contribution in [0.1, 0.15) is 35.4 Å². The molecule has 1 saturated heterocycles. The Labute approximate surface area is 128 Å². The van der Waals surface area contributed by atoms with Gasteiger partial charge in [0.1, 0.15) is 5.76 Å². The van der Waals surface area contributed by atoms with Gasteiger partial charge in [-0.3, -0.25) is 9.78 Å². The molecule has 1 N–H and O–H groups in total. The van der Waals surface area contributed by atoms with Gasteiger partial charge in [0.15, 0.2) is 5.88 Å². The van der Waals surface area contributed by atoms with Crippen molar-refractivity contribution in [1.29, 1.82) is 0 Å². The van der Waals surface area contributed by atoms with Crippen molar-refractivity contribution in [2.75, 3.05) is 18.0 Å². The van der Waals surface area contributed by atoms with Gasteiger partial charge in [0.2, 0.25) is 0 Å². The highest BCUT2D eigenvalue weighted by molar-refractivity contribution is 5.94. The molecule has 0 unspecified atom stereocenters. The minimum absolute atomic E-state index is 0.299. The highest BCUT2D eigenvalue weighted by atomic mass is 16.4. The van der Waals surface area contributed by atoms with Crippen molar-refractivity contribution in [2.24, 2.45) is 5.10 Å². The van der Waals surface area contributed by atoms with Crippen molar-refractivity contribution >= 4 is 18.0 Å². The number of carbonyl (C=O) groups is 1. The number of rotatable bonds is 4. The van der Waals surface area contributed by atoms with E-state index in [0.29, 0.717) is 11.3 Å². The minimum atomic E-state index is -0.299. The number of aromatic nitrogens is 1. The Balaban J connectivity index is 1.57. The number of anilines is 1. The maximum Gasteiger partial charge on any atom is 0.272 e. The zero-order chi connectivity index (χ0) is 15.2. The Bertz CT molecular complexity index is 645. The van der Waals surface area contributed by atoms with Crippen molar-refractivity contribution < 1.29 is 9.21 Å². The minimum Gasteiger partial charge on any atom is -0.440 e. The fourth-order valence-corrected chi connectivity index (χ4v) is 2.41. The molecule has 2 aromatic heterocycles. The molecule has 22 heavy (non-hydrogen) atoms. The molecule has 3 rings (SSSR count). The molecule has 0 aliphatic carbocycles. The summed E-state index contributed by atoms with van der Waals surface area (Å²) in [5.41, 5.74) is 2.92. The first-order valence-electron chi connectivity index (χ1n) is 7.41. The van der Waals surface area contributed by atoms with Crippen molar-refractivity contribution in [1.82, 2.24) is 10.4 Å². The Kier molecular flexibility index (Phi) is 4.48. The highest BCUT2D eigenvalue weighted by Crippen LogP contribution is 2.21. The lowest BCUT2D eigenvalue weighted by molar-refractivity contribution is 0.0955. The largest absolute Gasteiger partial charge is 0.440 e. The predicted molar refractivity (Wildman–Crippen MR) is 84.1 cm³/mol. The summed E-state index contributed by atoms with van der Waals surface area (Å²) in [5.74, 6) is 1.18. The molecule has 1 aliphatic rings. The molecule has 1 fully saturated rings. The molecule has 0 aromatic carbocycles. The Morgan fingerprint density at radius 1 is 1.27 bits per heavy atom. The van der Waals surface area contributed by atoms with Crippen molar-refractivity contribution in [2.45, 2.75) is 19.3 Å². The molecule has 0 spiro atoms. The number of amides is 1. The molecule has 6 heteroatoms. The first-order chi connectivity index (χ1) is 10.8. The van der Waals surface area contributed by atoms with Gasteiger partial charge in [-0.15, -0.1) is 0 Å².